The molecule has 0 aromatic rings. The molecule has 2 heteroatoms. The van der Waals surface area contributed by atoms with Crippen molar-refractivity contribution in [3.8, 4) is 0 Å². The van der Waals surface area contributed by atoms with E-state index in [4.69, 9.17) is 0 Å². The van der Waals surface area contributed by atoms with Crippen molar-refractivity contribution in [2.75, 3.05) is 0 Å². The molecule has 0 aliphatic heterocycles. The summed E-state index contributed by atoms with van der Waals surface area (Å²) < 4.78 is 3.29. The number of hydrogen-bond donors (Lipinski definition) is 0. The van der Waals surface area contributed by atoms with Crippen LogP contribution in [0.4, 0.5) is 0 Å². The summed E-state index contributed by atoms with van der Waals surface area (Å²) in [5.41, 5.74) is 0. The maximum absolute atomic E-state index is 2.29. The Labute approximate surface area is 80.4 Å². The maximum atomic E-state index is 2.29. The minimum Gasteiger partial charge on any atom is -0.0125 e. The average molecular weight is 265 g/mol. The molecule has 0 rings (SSSR count). The van der Waals surface area contributed by atoms with Crippen molar-refractivity contribution in [1.29, 1.82) is 0 Å². The quantitative estimate of drug-likeness (QED) is 0.506. The summed E-state index contributed by atoms with van der Waals surface area (Å²) in [5.74, 6) is 0. The first kappa shape index (κ1) is 13.6. The molecule has 0 amide bonds. The van der Waals surface area contributed by atoms with Gasteiger partial charge in [-0.2, -0.15) is 0 Å². The Hall–Kier alpha value is 1.02. The molecule has 0 spiro atoms. The van der Waals surface area contributed by atoms with Crippen LogP contribution in [0.1, 0.15) is 39.5 Å². The number of hydrogen-bond acceptors (Lipinski definition) is 0. The first-order valence-electron chi connectivity index (χ1n) is 4.23. The van der Waals surface area contributed by atoms with Crippen LogP contribution in [0.25, 0.3) is 0 Å². The van der Waals surface area contributed by atoms with Gasteiger partial charge in [0.1, 0.15) is 0 Å². The van der Waals surface area contributed by atoms with Crippen LogP contribution in [0.3, 0.4) is 0 Å². The normalized spacial score (nSPS) is 9.00. The second kappa shape index (κ2) is 12.7. The van der Waals surface area contributed by atoms with Crippen LogP contribution >= 0.6 is 0 Å². The maximum Gasteiger partial charge on any atom is -0.0125 e. The molecule has 0 atom stereocenters. The third kappa shape index (κ3) is 11.8. The molecule has 0 aromatic heterocycles. The van der Waals surface area contributed by atoms with Crippen molar-refractivity contribution in [1.82, 2.24) is 0 Å². The third-order valence-electron chi connectivity index (χ3n) is 1.52. The van der Waals surface area contributed by atoms with Crippen LogP contribution in [0.5, 0.6) is 0 Å². The monoisotopic (exact) mass is 266 g/mol. The van der Waals surface area contributed by atoms with Crippen LogP contribution in [0.2, 0.25) is 8.87 Å². The van der Waals surface area contributed by atoms with Gasteiger partial charge < -0.3 is 0 Å². The molecule has 0 bridgehead atoms. The second-order valence-corrected chi connectivity index (χ2v) is 7.52. The Morgan fingerprint density at radius 2 is 1.30 bits per heavy atom. The van der Waals surface area contributed by atoms with E-state index in [1.165, 1.54) is 25.7 Å². The Bertz CT molecular complexity index is 42.5. The Kier molecular flexibility index (Phi) is 17.2. The van der Waals surface area contributed by atoms with Gasteiger partial charge in [0.05, 0.1) is 0 Å². The van der Waals surface area contributed by atoms with Gasteiger partial charge in [-0.15, -0.1) is 0 Å². The van der Waals surface area contributed by atoms with Crippen LogP contribution in [0.15, 0.2) is 0 Å². The van der Waals surface area contributed by atoms with E-state index < -0.39 is 0 Å². The fourth-order valence-electron chi connectivity index (χ4n) is 0.841. The van der Waals surface area contributed by atoms with E-state index in [0.717, 1.165) is 0 Å². The number of unbranched alkanes of at least 4 members (excludes halogenated alkanes) is 2. The number of rotatable bonds is 6. The van der Waals surface area contributed by atoms with E-state index in [1.54, 1.807) is 8.87 Å². The van der Waals surface area contributed by atoms with E-state index >= 15 is 0 Å². The van der Waals surface area contributed by atoms with Gasteiger partial charge in [0.2, 0.25) is 0 Å². The van der Waals surface area contributed by atoms with Crippen molar-refractivity contribution < 1.29 is 0 Å². The molecule has 0 saturated heterocycles. The predicted octanol–water partition coefficient (Wildman–Crippen LogP) is 1.68. The molecule has 10 heavy (non-hydrogen) atoms. The van der Waals surface area contributed by atoms with E-state index in [9.17, 15) is 0 Å². The standard InChI is InChI=1S/2C4H9.H3Si.Sn.H/c2*1-3-4-2;;;/h2*1,3-4H2,2H3;1H3;;. The predicted molar refractivity (Wildman–Crippen MR) is 56.5 cm³/mol. The zero-order valence-corrected chi connectivity index (χ0v) is 13.1. The zero-order valence-electron chi connectivity index (χ0n) is 7.82. The largest absolute Gasteiger partial charge is 0.0125 e. The van der Waals surface area contributed by atoms with Crippen molar-refractivity contribution in [2.45, 2.75) is 48.4 Å². The minimum absolute atomic E-state index is 0. The topological polar surface area (TPSA) is 0 Å². The van der Waals surface area contributed by atoms with Crippen LogP contribution < -0.4 is 0 Å². The van der Waals surface area contributed by atoms with Crippen molar-refractivity contribution >= 4 is 32.1 Å². The summed E-state index contributed by atoms with van der Waals surface area (Å²) in [5, 5.41) is 0. The van der Waals surface area contributed by atoms with Gasteiger partial charge >= 0.3 is 69.5 Å². The molecule has 62 valence electrons. The molecular weight excluding hydrogens is 243 g/mol. The van der Waals surface area contributed by atoms with Crippen LogP contribution in [-0.2, 0) is 0 Å². The molecule has 0 aromatic carbocycles. The van der Waals surface area contributed by atoms with Gasteiger partial charge in [-0.1, -0.05) is 0 Å². The van der Waals surface area contributed by atoms with Crippen molar-refractivity contribution in [2.24, 2.45) is 0 Å². The molecule has 0 saturated carbocycles. The summed E-state index contributed by atoms with van der Waals surface area (Å²) in [7, 11) is 0. The molecular formula is C8H22SiSn. The molecule has 0 unspecified atom stereocenters. The van der Waals surface area contributed by atoms with E-state index in [1.807, 2.05) is 0 Å². The summed E-state index contributed by atoms with van der Waals surface area (Å²) in [6.07, 6.45) is 5.87. The molecule has 0 nitrogen and oxygen atoms in total. The summed E-state index contributed by atoms with van der Waals surface area (Å²) in [6, 6.07) is 0. The van der Waals surface area contributed by atoms with E-state index in [-0.39, 0.29) is 32.1 Å². The fourth-order valence-corrected chi connectivity index (χ4v) is 5.64. The molecule has 0 N–H and O–H groups in total. The van der Waals surface area contributed by atoms with Gasteiger partial charge in [0.15, 0.2) is 0 Å². The fraction of sp³-hybridized carbons (Fsp3) is 1.00. The van der Waals surface area contributed by atoms with Gasteiger partial charge in [-0.25, -0.2) is 0 Å². The molecule has 0 aliphatic carbocycles. The van der Waals surface area contributed by atoms with Gasteiger partial charge in [0, 0.05) is 0 Å². The molecule has 0 fully saturated rings. The van der Waals surface area contributed by atoms with Crippen molar-refractivity contribution in [3.05, 3.63) is 0 Å². The van der Waals surface area contributed by atoms with Crippen LogP contribution in [0, 0.1) is 0 Å². The van der Waals surface area contributed by atoms with E-state index in [0.29, 0.717) is 0 Å². The zero-order chi connectivity index (χ0) is 6.95. The Morgan fingerprint density at radius 3 is 1.60 bits per heavy atom. The summed E-state index contributed by atoms with van der Waals surface area (Å²) in [4.78, 5) is 0. The Morgan fingerprint density at radius 1 is 0.900 bits per heavy atom. The average Bonchev–Trinajstić information content (AvgIpc) is 1.89. The second-order valence-electron chi connectivity index (χ2n) is 2.57. The first-order chi connectivity index (χ1) is 4.41. The summed E-state index contributed by atoms with van der Waals surface area (Å²) in [6.45, 7) is 4.59. The van der Waals surface area contributed by atoms with Crippen LogP contribution in [-0.4, -0.2) is 32.1 Å². The molecule has 0 heterocycles. The van der Waals surface area contributed by atoms with Gasteiger partial charge in [-0.3, -0.25) is 0 Å². The summed E-state index contributed by atoms with van der Waals surface area (Å²) >= 11 is -0.00469. The minimum atomic E-state index is -0.00469. The third-order valence-corrected chi connectivity index (χ3v) is 6.18. The molecule has 2 radical (unpaired) electrons. The van der Waals surface area contributed by atoms with E-state index in [2.05, 4.69) is 13.8 Å². The smallest absolute Gasteiger partial charge is 0.0125 e. The first-order valence-corrected chi connectivity index (χ1v) is 8.89. The van der Waals surface area contributed by atoms with Gasteiger partial charge in [-0.05, 0) is 11.0 Å². The van der Waals surface area contributed by atoms with Crippen molar-refractivity contribution in [3.63, 3.8) is 0 Å². The molecule has 0 aliphatic rings. The SMILES string of the molecule is CCC[CH2][SnH][CH2]CCC.[SiH3]. The van der Waals surface area contributed by atoms with Gasteiger partial charge in [0.25, 0.3) is 0 Å². The Balaban J connectivity index is 0.